The van der Waals surface area contributed by atoms with Crippen LogP contribution in [0.15, 0.2) is 13.5 Å². The molecule has 10 heteroatoms. The molecule has 1 heterocycles. The molecule has 0 bridgehead atoms. The van der Waals surface area contributed by atoms with Crippen molar-refractivity contribution in [2.24, 2.45) is 13.5 Å². The Morgan fingerprint density at radius 2 is 1.29 bits per heavy atom. The smallest absolute Gasteiger partial charge is 0.213 e. The number of halogens is 4. The van der Waals surface area contributed by atoms with Crippen molar-refractivity contribution in [1.29, 1.82) is 0 Å². The average Bonchev–Trinajstić information content (AvgIpc) is 1.76. The molecule has 0 fully saturated rings. The highest BCUT2D eigenvalue weighted by molar-refractivity contribution is 8.21. The lowest BCUT2D eigenvalue weighted by atomic mass is 10.6. The van der Waals surface area contributed by atoms with Gasteiger partial charge in [-0.15, -0.1) is 0 Å². The van der Waals surface area contributed by atoms with E-state index in [1.165, 1.54) is 0 Å². The molecule has 0 aromatic rings. The quantitative estimate of drug-likeness (QED) is 0.463. The van der Waals surface area contributed by atoms with Gasteiger partial charge >= 0.3 is 0 Å². The van der Waals surface area contributed by atoms with Crippen molar-refractivity contribution in [3.63, 3.8) is 0 Å². The van der Waals surface area contributed by atoms with Crippen LogP contribution in [-0.2, 0) is 0 Å². The summed E-state index contributed by atoms with van der Waals surface area (Å²) in [5.41, 5.74) is 0.242. The van der Waals surface area contributed by atoms with Crippen molar-refractivity contribution in [2.45, 2.75) is 19.5 Å². The van der Waals surface area contributed by atoms with Crippen LogP contribution in [0.1, 0.15) is 13.8 Å². The zero-order chi connectivity index (χ0) is 11.2. The topological polar surface area (TPSA) is 37.1 Å². The predicted molar refractivity (Wildman–Crippen MR) is 72.5 cm³/mol. The minimum absolute atomic E-state index is 0.242. The zero-order valence-electron chi connectivity index (χ0n) is 7.77. The molecule has 0 radical (unpaired) electrons. The van der Waals surface area contributed by atoms with E-state index in [4.69, 9.17) is 45.0 Å². The zero-order valence-corrected chi connectivity index (χ0v) is 13.5. The van der Waals surface area contributed by atoms with Crippen molar-refractivity contribution in [2.75, 3.05) is 6.66 Å². The first-order chi connectivity index (χ1) is 6.06. The Balaban J connectivity index is 3.49. The molecule has 0 aromatic carbocycles. The molecule has 0 spiro atoms. The summed E-state index contributed by atoms with van der Waals surface area (Å²) >= 11 is 23.8. The third-order valence-electron chi connectivity index (χ3n) is 1.77. The molecule has 1 aliphatic heterocycles. The number of nitrogens with zero attached hydrogens (tertiary/aromatic N) is 3. The van der Waals surface area contributed by atoms with Gasteiger partial charge in [0, 0.05) is 5.66 Å². The van der Waals surface area contributed by atoms with E-state index in [1.807, 2.05) is 20.5 Å². The minimum atomic E-state index is -2.70. The third kappa shape index (κ3) is 3.42. The summed E-state index contributed by atoms with van der Waals surface area (Å²) in [7, 11) is -1.95. The maximum absolute atomic E-state index is 5.95. The maximum atomic E-state index is 5.95. The van der Waals surface area contributed by atoms with Gasteiger partial charge < -0.3 is 0 Å². The van der Waals surface area contributed by atoms with Gasteiger partial charge in [-0.3, -0.25) is 0 Å². The first-order valence-electron chi connectivity index (χ1n) is 3.74. The van der Waals surface area contributed by atoms with Crippen LogP contribution >= 0.6 is 64.0 Å². The monoisotopic (exact) mass is 333 g/mol. The largest absolute Gasteiger partial charge is 0.255 e. The summed E-state index contributed by atoms with van der Waals surface area (Å²) in [5, 5.41) is 0. The summed E-state index contributed by atoms with van der Waals surface area (Å²) in [6.07, 6.45) is 0. The lowest BCUT2D eigenvalue weighted by Gasteiger charge is -2.26. The van der Waals surface area contributed by atoms with Crippen molar-refractivity contribution >= 4 is 64.0 Å². The van der Waals surface area contributed by atoms with E-state index in [2.05, 4.69) is 13.5 Å². The van der Waals surface area contributed by atoms with Crippen molar-refractivity contribution < 1.29 is 0 Å². The molecular weight excluding hydrogens is 325 g/mol. The van der Waals surface area contributed by atoms with Crippen LogP contribution in [0.3, 0.4) is 0 Å². The molecule has 14 heavy (non-hydrogen) atoms. The fraction of sp³-hybridized carbons (Fsp3) is 1.00. The summed E-state index contributed by atoms with van der Waals surface area (Å²) in [5.74, 6) is -5.40. The molecular formula is C4H10Cl4N3P3. The summed E-state index contributed by atoms with van der Waals surface area (Å²) < 4.78 is 12.5. The summed E-state index contributed by atoms with van der Waals surface area (Å²) in [6.45, 7) is 5.94. The SMILES string of the molecule is CC(C)P1(C)=NP(Cl)(Cl)=NP(Cl)(Cl)=N1. The van der Waals surface area contributed by atoms with Crippen molar-refractivity contribution in [1.82, 2.24) is 0 Å². The fourth-order valence-electron chi connectivity index (χ4n) is 0.825. The van der Waals surface area contributed by atoms with Crippen molar-refractivity contribution in [3.8, 4) is 0 Å². The summed E-state index contributed by atoms with van der Waals surface area (Å²) in [6, 6.07) is 0. The van der Waals surface area contributed by atoms with Crippen LogP contribution in [0.2, 0.25) is 0 Å². The Hall–Kier alpha value is 1.85. The summed E-state index contributed by atoms with van der Waals surface area (Å²) in [4.78, 5) is 0. The fourth-order valence-corrected chi connectivity index (χ4v) is 18.1. The highest BCUT2D eigenvalue weighted by Crippen LogP contribution is 2.85. The number of rotatable bonds is 1. The maximum Gasteiger partial charge on any atom is 0.255 e. The van der Waals surface area contributed by atoms with Crippen LogP contribution in [0, 0.1) is 0 Å². The molecule has 84 valence electrons. The van der Waals surface area contributed by atoms with E-state index in [0.717, 1.165) is 0 Å². The molecule has 0 aliphatic carbocycles. The van der Waals surface area contributed by atoms with Gasteiger partial charge in [0.05, 0.1) is 7.21 Å². The standard InChI is InChI=1S/C4H10Cl4N3P3/c1-4(2)12(3)9-13(5,6)11-14(7,8)10-12/h4H,1-3H3. The molecule has 0 saturated carbocycles. The normalized spacial score (nSPS) is 34.3. The number of hydrogen-bond acceptors (Lipinski definition) is 3. The van der Waals surface area contributed by atoms with Crippen LogP contribution in [0.5, 0.6) is 0 Å². The van der Waals surface area contributed by atoms with Crippen molar-refractivity contribution in [3.05, 3.63) is 0 Å². The molecule has 0 amide bonds. The molecule has 0 saturated heterocycles. The van der Waals surface area contributed by atoms with E-state index in [1.54, 1.807) is 0 Å². The molecule has 1 atom stereocenters. The second kappa shape index (κ2) is 4.26. The van der Waals surface area contributed by atoms with Crippen LogP contribution in [0.4, 0.5) is 0 Å². The van der Waals surface area contributed by atoms with Gasteiger partial charge in [0.1, 0.15) is 0 Å². The van der Waals surface area contributed by atoms with Gasteiger partial charge in [0.25, 0.3) is 11.8 Å². The Morgan fingerprint density at radius 1 is 0.857 bits per heavy atom. The van der Waals surface area contributed by atoms with E-state index < -0.39 is 19.0 Å². The van der Waals surface area contributed by atoms with Gasteiger partial charge in [-0.1, -0.05) is 13.8 Å². The highest BCUT2D eigenvalue weighted by atomic mass is 35.9. The van der Waals surface area contributed by atoms with E-state index in [9.17, 15) is 0 Å². The third-order valence-corrected chi connectivity index (χ3v) is 14.9. The Labute approximate surface area is 103 Å². The highest BCUT2D eigenvalue weighted by Gasteiger charge is 2.31. The second-order valence-electron chi connectivity index (χ2n) is 3.25. The first kappa shape index (κ1) is 13.9. The van der Waals surface area contributed by atoms with Gasteiger partial charge in [-0.2, -0.15) is 4.52 Å². The van der Waals surface area contributed by atoms with Crippen LogP contribution in [0.25, 0.3) is 0 Å². The van der Waals surface area contributed by atoms with Crippen LogP contribution in [-0.4, -0.2) is 12.3 Å². The molecule has 3 nitrogen and oxygen atoms in total. The van der Waals surface area contributed by atoms with Gasteiger partial charge in [0.15, 0.2) is 0 Å². The van der Waals surface area contributed by atoms with E-state index in [-0.39, 0.29) is 5.66 Å². The first-order valence-corrected chi connectivity index (χ1v) is 13.0. The van der Waals surface area contributed by atoms with E-state index >= 15 is 0 Å². The Morgan fingerprint density at radius 3 is 1.64 bits per heavy atom. The molecule has 0 N–H and O–H groups in total. The average molecular weight is 335 g/mol. The Kier molecular flexibility index (Phi) is 4.24. The molecule has 0 aromatic heterocycles. The number of hydrogen-bond donors (Lipinski definition) is 0. The molecule has 1 unspecified atom stereocenters. The lowest BCUT2D eigenvalue weighted by molar-refractivity contribution is 1.08. The van der Waals surface area contributed by atoms with Gasteiger partial charge in [-0.25, -0.2) is 9.03 Å². The predicted octanol–water partition coefficient (Wildman–Crippen LogP) is 7.00. The molecule has 1 rings (SSSR count). The van der Waals surface area contributed by atoms with Gasteiger partial charge in [0.2, 0.25) is 0 Å². The van der Waals surface area contributed by atoms with Crippen LogP contribution < -0.4 is 0 Å². The second-order valence-corrected chi connectivity index (χ2v) is 16.9. The lowest BCUT2D eigenvalue weighted by Crippen LogP contribution is -1.94. The minimum Gasteiger partial charge on any atom is -0.213 e. The van der Waals surface area contributed by atoms with Gasteiger partial charge in [-0.05, 0) is 51.6 Å². The molecule has 1 aliphatic rings. The Bertz CT molecular complexity index is 395. The van der Waals surface area contributed by atoms with E-state index in [0.29, 0.717) is 0 Å².